The molecule has 1 saturated carbocycles. The van der Waals surface area contributed by atoms with E-state index in [9.17, 15) is 0 Å². The maximum absolute atomic E-state index is 6.13. The van der Waals surface area contributed by atoms with E-state index in [2.05, 4.69) is 23.0 Å². The van der Waals surface area contributed by atoms with E-state index in [1.807, 2.05) is 18.3 Å². The number of aryl methyl sites for hydroxylation is 1. The summed E-state index contributed by atoms with van der Waals surface area (Å²) in [6, 6.07) is 6.09. The predicted molar refractivity (Wildman–Crippen MR) is 70.4 cm³/mol. The highest BCUT2D eigenvalue weighted by Crippen LogP contribution is 2.42. The molecule has 2 aromatic rings. The van der Waals surface area contributed by atoms with Gasteiger partial charge in [-0.25, -0.2) is 4.98 Å². The van der Waals surface area contributed by atoms with Gasteiger partial charge in [-0.2, -0.15) is 0 Å². The van der Waals surface area contributed by atoms with Crippen LogP contribution in [-0.2, 0) is 5.54 Å². The fourth-order valence-electron chi connectivity index (χ4n) is 2.11. The van der Waals surface area contributed by atoms with E-state index in [-0.39, 0.29) is 5.54 Å². The Morgan fingerprint density at radius 2 is 2.17 bits per heavy atom. The van der Waals surface area contributed by atoms with Crippen molar-refractivity contribution in [3.05, 3.63) is 35.8 Å². The zero-order chi connectivity index (χ0) is 12.8. The van der Waals surface area contributed by atoms with E-state index in [0.29, 0.717) is 0 Å². The van der Waals surface area contributed by atoms with Crippen molar-refractivity contribution in [3.63, 3.8) is 0 Å². The number of rotatable bonds is 3. The highest BCUT2D eigenvalue weighted by Gasteiger charge is 2.42. The number of nitrogens with zero attached hydrogens (tertiary/aromatic N) is 1. The summed E-state index contributed by atoms with van der Waals surface area (Å²) in [5, 5.41) is 0. The van der Waals surface area contributed by atoms with E-state index in [0.717, 1.165) is 35.7 Å². The predicted octanol–water partition coefficient (Wildman–Crippen LogP) is 2.34. The molecule has 3 N–H and O–H groups in total. The third kappa shape index (κ3) is 1.78. The molecule has 1 fully saturated rings. The number of aromatic amines is 1. The SMILES string of the molecule is COc1ccc(C)cc1-c1cnc(C2(N)CC2)[nH]1. The minimum atomic E-state index is -0.227. The molecule has 1 aromatic heterocycles. The van der Waals surface area contributed by atoms with Gasteiger partial charge in [0, 0.05) is 5.56 Å². The number of nitrogens with two attached hydrogens (primary N) is 1. The first-order valence-electron chi connectivity index (χ1n) is 6.12. The normalized spacial score (nSPS) is 16.6. The number of benzene rings is 1. The van der Waals surface area contributed by atoms with Gasteiger partial charge in [0.25, 0.3) is 0 Å². The van der Waals surface area contributed by atoms with Crippen LogP contribution >= 0.6 is 0 Å². The highest BCUT2D eigenvalue weighted by atomic mass is 16.5. The molecular weight excluding hydrogens is 226 g/mol. The van der Waals surface area contributed by atoms with Crippen LogP contribution in [0.1, 0.15) is 24.2 Å². The standard InChI is InChI=1S/C14H17N3O/c1-9-3-4-12(18-2)10(7-9)11-8-16-13(17-11)14(15)5-6-14/h3-4,7-8H,5-6,15H2,1-2H3,(H,16,17). The molecule has 3 rings (SSSR count). The number of hydrogen-bond acceptors (Lipinski definition) is 3. The first-order valence-corrected chi connectivity index (χ1v) is 6.12. The van der Waals surface area contributed by atoms with Crippen LogP contribution in [0.2, 0.25) is 0 Å². The van der Waals surface area contributed by atoms with E-state index in [1.165, 1.54) is 5.56 Å². The molecular formula is C14H17N3O. The number of aromatic nitrogens is 2. The Hall–Kier alpha value is -1.81. The largest absolute Gasteiger partial charge is 0.496 e. The molecule has 4 nitrogen and oxygen atoms in total. The lowest BCUT2D eigenvalue weighted by molar-refractivity contribution is 0.416. The number of nitrogens with one attached hydrogen (secondary N) is 1. The summed E-state index contributed by atoms with van der Waals surface area (Å²) in [5.74, 6) is 1.72. The lowest BCUT2D eigenvalue weighted by Gasteiger charge is -2.08. The average Bonchev–Trinajstić information content (AvgIpc) is 2.94. The van der Waals surface area contributed by atoms with Crippen molar-refractivity contribution < 1.29 is 4.74 Å². The van der Waals surface area contributed by atoms with Crippen LogP contribution in [0, 0.1) is 6.92 Å². The average molecular weight is 243 g/mol. The highest BCUT2D eigenvalue weighted by molar-refractivity contribution is 5.67. The second-order valence-corrected chi connectivity index (χ2v) is 5.01. The van der Waals surface area contributed by atoms with Gasteiger partial charge in [0.05, 0.1) is 24.5 Å². The Balaban J connectivity index is 2.04. The number of H-pyrrole nitrogens is 1. The number of ether oxygens (including phenoxy) is 1. The van der Waals surface area contributed by atoms with Crippen molar-refractivity contribution in [2.24, 2.45) is 5.73 Å². The van der Waals surface area contributed by atoms with Crippen molar-refractivity contribution in [1.82, 2.24) is 9.97 Å². The lowest BCUT2D eigenvalue weighted by atomic mass is 10.1. The molecule has 1 aromatic carbocycles. The monoisotopic (exact) mass is 243 g/mol. The number of hydrogen-bond donors (Lipinski definition) is 2. The van der Waals surface area contributed by atoms with Crippen LogP contribution in [0.4, 0.5) is 0 Å². The van der Waals surface area contributed by atoms with Gasteiger partial charge in [-0.05, 0) is 31.9 Å². The van der Waals surface area contributed by atoms with Crippen molar-refractivity contribution in [2.75, 3.05) is 7.11 Å². The number of methoxy groups -OCH3 is 1. The second kappa shape index (κ2) is 3.85. The minimum Gasteiger partial charge on any atom is -0.496 e. The molecule has 4 heteroatoms. The topological polar surface area (TPSA) is 63.9 Å². The van der Waals surface area contributed by atoms with Gasteiger partial charge in [0.15, 0.2) is 0 Å². The van der Waals surface area contributed by atoms with Gasteiger partial charge in [0.2, 0.25) is 0 Å². The molecule has 0 spiro atoms. The molecule has 0 atom stereocenters. The van der Waals surface area contributed by atoms with Crippen LogP contribution < -0.4 is 10.5 Å². The molecule has 1 aliphatic carbocycles. The summed E-state index contributed by atoms with van der Waals surface area (Å²) in [4.78, 5) is 7.71. The second-order valence-electron chi connectivity index (χ2n) is 5.01. The molecule has 0 unspecified atom stereocenters. The Morgan fingerprint density at radius 1 is 1.39 bits per heavy atom. The van der Waals surface area contributed by atoms with Gasteiger partial charge in [-0.3, -0.25) is 0 Å². The molecule has 0 radical (unpaired) electrons. The van der Waals surface area contributed by atoms with Crippen LogP contribution in [0.15, 0.2) is 24.4 Å². The van der Waals surface area contributed by atoms with E-state index in [4.69, 9.17) is 10.5 Å². The molecule has 0 bridgehead atoms. The summed E-state index contributed by atoms with van der Waals surface area (Å²) in [6.45, 7) is 2.06. The van der Waals surface area contributed by atoms with Gasteiger partial charge in [-0.1, -0.05) is 11.6 Å². The summed E-state index contributed by atoms with van der Waals surface area (Å²) in [6.07, 6.45) is 3.84. The van der Waals surface area contributed by atoms with E-state index < -0.39 is 0 Å². The van der Waals surface area contributed by atoms with Crippen LogP contribution in [0.25, 0.3) is 11.3 Å². The van der Waals surface area contributed by atoms with Gasteiger partial charge < -0.3 is 15.5 Å². The molecule has 0 amide bonds. The van der Waals surface area contributed by atoms with Crippen LogP contribution in [-0.4, -0.2) is 17.1 Å². The first kappa shape index (κ1) is 11.3. The van der Waals surface area contributed by atoms with Crippen molar-refractivity contribution >= 4 is 0 Å². The fraction of sp³-hybridized carbons (Fsp3) is 0.357. The molecule has 0 saturated heterocycles. The van der Waals surface area contributed by atoms with E-state index >= 15 is 0 Å². The van der Waals surface area contributed by atoms with E-state index in [1.54, 1.807) is 7.11 Å². The molecule has 94 valence electrons. The minimum absolute atomic E-state index is 0.227. The molecule has 18 heavy (non-hydrogen) atoms. The maximum Gasteiger partial charge on any atom is 0.128 e. The van der Waals surface area contributed by atoms with Gasteiger partial charge >= 0.3 is 0 Å². The quantitative estimate of drug-likeness (QED) is 0.869. The smallest absolute Gasteiger partial charge is 0.128 e. The van der Waals surface area contributed by atoms with Crippen molar-refractivity contribution in [3.8, 4) is 17.0 Å². The third-order valence-electron chi connectivity index (χ3n) is 3.48. The third-order valence-corrected chi connectivity index (χ3v) is 3.48. The first-order chi connectivity index (χ1) is 8.62. The molecule has 1 heterocycles. The Morgan fingerprint density at radius 3 is 2.83 bits per heavy atom. The Kier molecular flexibility index (Phi) is 2.41. The number of imidazole rings is 1. The maximum atomic E-state index is 6.13. The zero-order valence-electron chi connectivity index (χ0n) is 10.7. The molecule has 0 aliphatic heterocycles. The lowest BCUT2D eigenvalue weighted by Crippen LogP contribution is -2.20. The van der Waals surface area contributed by atoms with Crippen LogP contribution in [0.3, 0.4) is 0 Å². The Bertz CT molecular complexity index is 584. The fourth-order valence-corrected chi connectivity index (χ4v) is 2.11. The summed E-state index contributed by atoms with van der Waals surface area (Å²) < 4.78 is 5.39. The van der Waals surface area contributed by atoms with Crippen molar-refractivity contribution in [2.45, 2.75) is 25.3 Å². The summed E-state index contributed by atoms with van der Waals surface area (Å²) in [7, 11) is 1.68. The summed E-state index contributed by atoms with van der Waals surface area (Å²) >= 11 is 0. The van der Waals surface area contributed by atoms with Crippen molar-refractivity contribution in [1.29, 1.82) is 0 Å². The summed E-state index contributed by atoms with van der Waals surface area (Å²) in [5.41, 5.74) is 9.09. The van der Waals surface area contributed by atoms with Gasteiger partial charge in [0.1, 0.15) is 11.6 Å². The Labute approximate surface area is 106 Å². The zero-order valence-corrected chi connectivity index (χ0v) is 10.7. The molecule has 1 aliphatic rings. The van der Waals surface area contributed by atoms with Crippen LogP contribution in [0.5, 0.6) is 5.75 Å². The van der Waals surface area contributed by atoms with Gasteiger partial charge in [-0.15, -0.1) is 0 Å².